The topological polar surface area (TPSA) is 84.7 Å². The van der Waals surface area contributed by atoms with Crippen LogP contribution >= 0.6 is 11.6 Å². The molecule has 2 aromatic carbocycles. The summed E-state index contributed by atoms with van der Waals surface area (Å²) in [6.07, 6.45) is 5.16. The van der Waals surface area contributed by atoms with Crippen molar-refractivity contribution in [2.24, 2.45) is 0 Å². The maximum Gasteiger partial charge on any atom is 0.259 e. The van der Waals surface area contributed by atoms with Crippen molar-refractivity contribution in [1.82, 2.24) is 19.7 Å². The maximum atomic E-state index is 12.6. The highest BCUT2D eigenvalue weighted by Crippen LogP contribution is 2.35. The van der Waals surface area contributed by atoms with Crippen molar-refractivity contribution in [3.8, 4) is 0 Å². The van der Waals surface area contributed by atoms with Crippen LogP contribution in [0, 0.1) is 6.92 Å². The van der Waals surface area contributed by atoms with Crippen LogP contribution in [0.5, 0.6) is 0 Å². The van der Waals surface area contributed by atoms with E-state index in [-0.39, 0.29) is 17.9 Å². The number of anilines is 2. The second-order valence-electron chi connectivity index (χ2n) is 7.44. The van der Waals surface area contributed by atoms with Crippen molar-refractivity contribution < 1.29 is 4.79 Å². The highest BCUT2D eigenvalue weighted by Gasteiger charge is 2.27. The average molecular weight is 443 g/mol. The minimum Gasteiger partial charge on any atom is -0.324 e. The number of carbonyl (C=O) groups is 1. The van der Waals surface area contributed by atoms with Gasteiger partial charge in [-0.2, -0.15) is 4.98 Å². The van der Waals surface area contributed by atoms with Crippen LogP contribution in [0.2, 0.25) is 5.02 Å². The Morgan fingerprint density at radius 2 is 1.91 bits per heavy atom. The van der Waals surface area contributed by atoms with E-state index in [9.17, 15) is 4.79 Å². The number of nitrogens with zero attached hydrogens (tertiary/aromatic N) is 4. The number of hydrogen-bond donors (Lipinski definition) is 2. The van der Waals surface area contributed by atoms with Gasteiger partial charge in [-0.1, -0.05) is 59.6 Å². The zero-order valence-electron chi connectivity index (χ0n) is 17.2. The van der Waals surface area contributed by atoms with Gasteiger partial charge in [-0.05, 0) is 42.3 Å². The quantitative estimate of drug-likeness (QED) is 0.467. The van der Waals surface area contributed by atoms with Gasteiger partial charge in [0.15, 0.2) is 0 Å². The summed E-state index contributed by atoms with van der Waals surface area (Å²) in [4.78, 5) is 21.1. The van der Waals surface area contributed by atoms with E-state index in [1.165, 1.54) is 11.8 Å². The fourth-order valence-corrected chi connectivity index (χ4v) is 3.80. The Morgan fingerprint density at radius 3 is 2.66 bits per heavy atom. The third-order valence-corrected chi connectivity index (χ3v) is 5.55. The molecule has 5 rings (SSSR count). The molecule has 2 N–H and O–H groups in total. The summed E-state index contributed by atoms with van der Waals surface area (Å²) < 4.78 is 1.72. The molecule has 3 heterocycles. The second-order valence-corrected chi connectivity index (χ2v) is 7.84. The average Bonchev–Trinajstić information content (AvgIpc) is 3.22. The molecule has 0 bridgehead atoms. The van der Waals surface area contributed by atoms with Gasteiger partial charge in [0.05, 0.1) is 5.56 Å². The first kappa shape index (κ1) is 20.0. The van der Waals surface area contributed by atoms with Crippen molar-refractivity contribution in [1.29, 1.82) is 0 Å². The molecule has 4 aromatic rings. The van der Waals surface area contributed by atoms with E-state index >= 15 is 0 Å². The SMILES string of the molecule is Cc1ccc(C2=C[C@@H](c3ccccc3Cl)n3nc(NC(=O)c4cccnc4)nc3N2)cc1. The molecule has 0 aliphatic carbocycles. The Balaban J connectivity index is 1.53. The predicted octanol–water partition coefficient (Wildman–Crippen LogP) is 4.94. The van der Waals surface area contributed by atoms with Gasteiger partial charge >= 0.3 is 0 Å². The highest BCUT2D eigenvalue weighted by molar-refractivity contribution is 6.31. The first-order valence-corrected chi connectivity index (χ1v) is 10.4. The van der Waals surface area contributed by atoms with Crippen molar-refractivity contribution in [2.45, 2.75) is 13.0 Å². The van der Waals surface area contributed by atoms with Crippen molar-refractivity contribution in [3.05, 3.63) is 106 Å². The first-order chi connectivity index (χ1) is 15.6. The molecule has 32 heavy (non-hydrogen) atoms. The third kappa shape index (κ3) is 3.86. The highest BCUT2D eigenvalue weighted by atomic mass is 35.5. The molecule has 158 valence electrons. The summed E-state index contributed by atoms with van der Waals surface area (Å²) in [6.45, 7) is 2.05. The first-order valence-electron chi connectivity index (χ1n) is 10.1. The van der Waals surface area contributed by atoms with Crippen molar-refractivity contribution in [2.75, 3.05) is 10.6 Å². The Morgan fingerprint density at radius 1 is 1.09 bits per heavy atom. The Bertz CT molecular complexity index is 1310. The molecule has 0 spiro atoms. The molecule has 8 heteroatoms. The summed E-state index contributed by atoms with van der Waals surface area (Å²) in [6, 6.07) is 18.9. The zero-order chi connectivity index (χ0) is 22.1. The lowest BCUT2D eigenvalue weighted by atomic mass is 10.0. The molecular weight excluding hydrogens is 424 g/mol. The van der Waals surface area contributed by atoms with Gasteiger partial charge < -0.3 is 5.32 Å². The number of carbonyl (C=O) groups excluding carboxylic acids is 1. The minimum absolute atomic E-state index is 0.192. The van der Waals surface area contributed by atoms with E-state index in [2.05, 4.69) is 56.0 Å². The van der Waals surface area contributed by atoms with Crippen LogP contribution in [-0.2, 0) is 0 Å². The number of pyridine rings is 1. The van der Waals surface area contributed by atoms with Crippen LogP contribution in [0.15, 0.2) is 79.1 Å². The van der Waals surface area contributed by atoms with Gasteiger partial charge in [0.2, 0.25) is 5.95 Å². The normalized spacial score (nSPS) is 14.8. The summed E-state index contributed by atoms with van der Waals surface area (Å²) >= 11 is 6.52. The molecule has 1 aliphatic rings. The monoisotopic (exact) mass is 442 g/mol. The van der Waals surface area contributed by atoms with E-state index < -0.39 is 0 Å². The number of aromatic nitrogens is 4. The largest absolute Gasteiger partial charge is 0.324 e. The molecule has 0 saturated carbocycles. The standard InChI is InChI=1S/C24H19ClN6O/c1-15-8-10-16(11-9-15)20-13-21(18-6-2-3-7-19(18)25)31-24(27-20)29-23(30-31)28-22(32)17-5-4-12-26-14-17/h2-14,21H,1H3,(H2,27,28,29,30,32)/t21-/m0/s1. The summed E-state index contributed by atoms with van der Waals surface area (Å²) in [5, 5.41) is 11.2. The number of aryl methyl sites for hydroxylation is 1. The molecule has 0 saturated heterocycles. The van der Waals surface area contributed by atoms with Crippen LogP contribution in [0.25, 0.3) is 5.70 Å². The van der Waals surface area contributed by atoms with Crippen molar-refractivity contribution in [3.63, 3.8) is 0 Å². The number of benzene rings is 2. The Hall–Kier alpha value is -3.97. The van der Waals surface area contributed by atoms with E-state index in [0.29, 0.717) is 16.5 Å². The Labute approximate surface area is 189 Å². The van der Waals surface area contributed by atoms with Crippen LogP contribution in [0.1, 0.15) is 33.1 Å². The molecule has 1 amide bonds. The predicted molar refractivity (Wildman–Crippen MR) is 125 cm³/mol. The van der Waals surface area contributed by atoms with Gasteiger partial charge in [-0.25, -0.2) is 4.68 Å². The summed E-state index contributed by atoms with van der Waals surface area (Å²) in [7, 11) is 0. The molecule has 1 atom stereocenters. The molecule has 0 radical (unpaired) electrons. The molecule has 2 aromatic heterocycles. The number of fused-ring (bicyclic) bond motifs is 1. The number of hydrogen-bond acceptors (Lipinski definition) is 5. The lowest BCUT2D eigenvalue weighted by Crippen LogP contribution is -2.20. The molecular formula is C24H19ClN6O. The Kier molecular flexibility index (Phi) is 5.17. The van der Waals surface area contributed by atoms with Gasteiger partial charge in [0.25, 0.3) is 11.9 Å². The number of allylic oxidation sites excluding steroid dienone is 1. The van der Waals surface area contributed by atoms with Gasteiger partial charge in [-0.3, -0.25) is 15.1 Å². The van der Waals surface area contributed by atoms with E-state index in [1.807, 2.05) is 31.2 Å². The summed E-state index contributed by atoms with van der Waals surface area (Å²) in [5.41, 5.74) is 4.39. The third-order valence-electron chi connectivity index (χ3n) is 5.20. The van der Waals surface area contributed by atoms with Gasteiger partial charge in [0, 0.05) is 23.1 Å². The molecule has 7 nitrogen and oxygen atoms in total. The molecule has 0 unspecified atom stereocenters. The lowest BCUT2D eigenvalue weighted by molar-refractivity contribution is 0.102. The van der Waals surface area contributed by atoms with Crippen molar-refractivity contribution >= 4 is 35.1 Å². The van der Waals surface area contributed by atoms with Crippen LogP contribution in [0.3, 0.4) is 0 Å². The number of halogens is 1. The number of amides is 1. The maximum absolute atomic E-state index is 12.6. The smallest absolute Gasteiger partial charge is 0.259 e. The number of rotatable bonds is 4. The number of nitrogens with one attached hydrogen (secondary N) is 2. The lowest BCUT2D eigenvalue weighted by Gasteiger charge is -2.25. The van der Waals surface area contributed by atoms with E-state index in [0.717, 1.165) is 16.8 Å². The summed E-state index contributed by atoms with van der Waals surface area (Å²) in [5.74, 6) is 0.369. The fraction of sp³-hybridized carbons (Fsp3) is 0.0833. The molecule has 0 fully saturated rings. The fourth-order valence-electron chi connectivity index (χ4n) is 3.55. The second kappa shape index (κ2) is 8.28. The van der Waals surface area contributed by atoms with Gasteiger partial charge in [-0.15, -0.1) is 5.10 Å². The van der Waals surface area contributed by atoms with Gasteiger partial charge in [0.1, 0.15) is 6.04 Å². The minimum atomic E-state index is -0.331. The van der Waals surface area contributed by atoms with E-state index in [4.69, 9.17) is 11.6 Å². The van der Waals surface area contributed by atoms with E-state index in [1.54, 1.807) is 23.0 Å². The van der Waals surface area contributed by atoms with Crippen LogP contribution < -0.4 is 10.6 Å². The molecule has 1 aliphatic heterocycles. The zero-order valence-corrected chi connectivity index (χ0v) is 17.9. The van der Waals surface area contributed by atoms with Crippen LogP contribution in [0.4, 0.5) is 11.9 Å². The van der Waals surface area contributed by atoms with Crippen LogP contribution in [-0.4, -0.2) is 25.7 Å².